The van der Waals surface area contributed by atoms with Gasteiger partial charge in [0.15, 0.2) is 0 Å². The van der Waals surface area contributed by atoms with Crippen LogP contribution in [0.4, 0.5) is 11.4 Å². The lowest BCUT2D eigenvalue weighted by atomic mass is 10.1. The number of nitrogens with one attached hydrogen (secondary N) is 1. The first-order chi connectivity index (χ1) is 11.7. The Hall–Kier alpha value is -1.99. The molecule has 0 radical (unpaired) electrons. The van der Waals surface area contributed by atoms with Crippen molar-refractivity contribution in [3.05, 3.63) is 59.2 Å². The normalized spacial score (nSPS) is 17.8. The maximum atomic E-state index is 12.5. The highest BCUT2D eigenvalue weighted by Gasteiger charge is 2.35. The summed E-state index contributed by atoms with van der Waals surface area (Å²) in [6.45, 7) is 3.99. The summed E-state index contributed by atoms with van der Waals surface area (Å²) >= 11 is 1.55. The Balaban J connectivity index is 2.00. The molecule has 0 aromatic heterocycles. The van der Waals surface area contributed by atoms with Gasteiger partial charge in [0.2, 0.25) is 15.9 Å². The zero-order valence-electron chi connectivity index (χ0n) is 14.3. The molecule has 3 rings (SSSR count). The molecule has 1 fully saturated rings. The summed E-state index contributed by atoms with van der Waals surface area (Å²) in [5.41, 5.74) is 4.43. The van der Waals surface area contributed by atoms with Gasteiger partial charge in [-0.15, -0.1) is 11.8 Å². The Morgan fingerprint density at radius 3 is 2.64 bits per heavy atom. The second-order valence-electron chi connectivity index (χ2n) is 6.22. The van der Waals surface area contributed by atoms with Crippen molar-refractivity contribution in [1.29, 1.82) is 0 Å². The fourth-order valence-corrected chi connectivity index (χ4v) is 4.59. The van der Waals surface area contributed by atoms with Crippen LogP contribution < -0.4 is 9.62 Å². The van der Waals surface area contributed by atoms with Crippen LogP contribution in [-0.2, 0) is 14.8 Å². The highest BCUT2D eigenvalue weighted by molar-refractivity contribution is 8.00. The van der Waals surface area contributed by atoms with Gasteiger partial charge in [0.1, 0.15) is 5.37 Å². The predicted octanol–water partition coefficient (Wildman–Crippen LogP) is 3.45. The predicted molar refractivity (Wildman–Crippen MR) is 104 cm³/mol. The number of hydrogen-bond acceptors (Lipinski definition) is 4. The van der Waals surface area contributed by atoms with Gasteiger partial charge >= 0.3 is 0 Å². The topological polar surface area (TPSA) is 66.5 Å². The van der Waals surface area contributed by atoms with Crippen molar-refractivity contribution >= 4 is 39.1 Å². The van der Waals surface area contributed by atoms with E-state index in [1.165, 1.54) is 0 Å². The van der Waals surface area contributed by atoms with Crippen LogP contribution in [0.3, 0.4) is 0 Å². The van der Waals surface area contributed by atoms with Crippen molar-refractivity contribution < 1.29 is 13.2 Å². The number of rotatable bonds is 4. The minimum absolute atomic E-state index is 0.0603. The number of nitrogens with zero attached hydrogens (tertiary/aromatic N) is 1. The summed E-state index contributed by atoms with van der Waals surface area (Å²) in [6, 6.07) is 13.3. The SMILES string of the molecule is Cc1ccc(C)c(N2C(=O)CSC2c2cccc(NS(C)(=O)=O)c2)c1. The fraction of sp³-hybridized carbons (Fsp3) is 0.278. The third kappa shape index (κ3) is 3.99. The van der Waals surface area contributed by atoms with Gasteiger partial charge in [-0.3, -0.25) is 14.4 Å². The van der Waals surface area contributed by atoms with E-state index in [9.17, 15) is 13.2 Å². The average Bonchev–Trinajstić information content (AvgIpc) is 2.90. The second-order valence-corrected chi connectivity index (χ2v) is 9.03. The van der Waals surface area contributed by atoms with E-state index in [1.54, 1.807) is 30.0 Å². The van der Waals surface area contributed by atoms with Crippen LogP contribution in [0.25, 0.3) is 0 Å². The Labute approximate surface area is 152 Å². The van der Waals surface area contributed by atoms with Crippen LogP contribution in [0.1, 0.15) is 22.1 Å². The molecule has 25 heavy (non-hydrogen) atoms. The summed E-state index contributed by atoms with van der Waals surface area (Å²) < 4.78 is 25.4. The van der Waals surface area contributed by atoms with E-state index in [2.05, 4.69) is 4.72 Å². The molecular formula is C18H20N2O3S2. The number of sulfonamides is 1. The first-order valence-electron chi connectivity index (χ1n) is 7.83. The first kappa shape index (κ1) is 17.8. The molecule has 1 N–H and O–H groups in total. The average molecular weight is 377 g/mol. The summed E-state index contributed by atoms with van der Waals surface area (Å²) in [7, 11) is -3.34. The lowest BCUT2D eigenvalue weighted by Crippen LogP contribution is -2.28. The van der Waals surface area contributed by atoms with Crippen molar-refractivity contribution in [1.82, 2.24) is 0 Å². The minimum atomic E-state index is -3.34. The Bertz CT molecular complexity index is 926. The number of aryl methyl sites for hydroxylation is 2. The summed E-state index contributed by atoms with van der Waals surface area (Å²) in [6.07, 6.45) is 1.12. The van der Waals surface area contributed by atoms with E-state index in [-0.39, 0.29) is 11.3 Å². The first-order valence-corrected chi connectivity index (χ1v) is 10.8. The molecule has 1 unspecified atom stereocenters. The van der Waals surface area contributed by atoms with Gasteiger partial charge in [0.25, 0.3) is 0 Å². The Morgan fingerprint density at radius 2 is 1.92 bits per heavy atom. The highest BCUT2D eigenvalue weighted by Crippen LogP contribution is 2.43. The van der Waals surface area contributed by atoms with E-state index in [4.69, 9.17) is 0 Å². The molecule has 1 atom stereocenters. The monoisotopic (exact) mass is 376 g/mol. The molecule has 0 spiro atoms. The van der Waals surface area contributed by atoms with Crippen molar-refractivity contribution in [3.8, 4) is 0 Å². The van der Waals surface area contributed by atoms with Crippen molar-refractivity contribution in [2.45, 2.75) is 19.2 Å². The van der Waals surface area contributed by atoms with Crippen molar-refractivity contribution in [2.75, 3.05) is 21.6 Å². The number of carbonyl (C=O) groups excluding carboxylic acids is 1. The van der Waals surface area contributed by atoms with Gasteiger partial charge in [-0.1, -0.05) is 24.3 Å². The molecule has 0 bridgehead atoms. The number of benzene rings is 2. The van der Waals surface area contributed by atoms with Gasteiger partial charge in [-0.2, -0.15) is 0 Å². The molecule has 1 saturated heterocycles. The van der Waals surface area contributed by atoms with E-state index in [0.29, 0.717) is 11.4 Å². The van der Waals surface area contributed by atoms with Gasteiger partial charge in [0, 0.05) is 11.4 Å². The van der Waals surface area contributed by atoms with Gasteiger partial charge in [-0.25, -0.2) is 8.42 Å². The van der Waals surface area contributed by atoms with E-state index < -0.39 is 10.0 Å². The molecule has 0 aliphatic carbocycles. The Kier molecular flexibility index (Phi) is 4.79. The molecule has 2 aromatic carbocycles. The van der Waals surface area contributed by atoms with Crippen LogP contribution in [0.2, 0.25) is 0 Å². The third-order valence-electron chi connectivity index (χ3n) is 3.97. The molecule has 1 aliphatic rings. The second kappa shape index (κ2) is 6.72. The molecule has 1 amide bonds. The maximum absolute atomic E-state index is 12.5. The van der Waals surface area contributed by atoms with E-state index in [0.717, 1.165) is 28.6 Å². The lowest BCUT2D eigenvalue weighted by molar-refractivity contribution is -0.115. The number of amides is 1. The largest absolute Gasteiger partial charge is 0.295 e. The van der Waals surface area contributed by atoms with Crippen LogP contribution in [0.5, 0.6) is 0 Å². The summed E-state index contributed by atoms with van der Waals surface area (Å²) in [5, 5.41) is -0.172. The van der Waals surface area contributed by atoms with Crippen molar-refractivity contribution in [2.24, 2.45) is 0 Å². The molecular weight excluding hydrogens is 356 g/mol. The smallest absolute Gasteiger partial charge is 0.238 e. The van der Waals surface area contributed by atoms with Crippen molar-refractivity contribution in [3.63, 3.8) is 0 Å². The Morgan fingerprint density at radius 1 is 1.16 bits per heavy atom. The highest BCUT2D eigenvalue weighted by atomic mass is 32.2. The van der Waals surface area contributed by atoms with Crippen LogP contribution in [0.15, 0.2) is 42.5 Å². The molecule has 1 aliphatic heterocycles. The fourth-order valence-electron chi connectivity index (χ4n) is 2.88. The number of thioether (sulfide) groups is 1. The number of hydrogen-bond donors (Lipinski definition) is 1. The van der Waals surface area contributed by atoms with Crippen LogP contribution in [-0.4, -0.2) is 26.3 Å². The zero-order valence-corrected chi connectivity index (χ0v) is 15.9. The third-order valence-corrected chi connectivity index (χ3v) is 5.79. The maximum Gasteiger partial charge on any atom is 0.238 e. The zero-order chi connectivity index (χ0) is 18.2. The standard InChI is InChI=1S/C18H20N2O3S2/c1-12-7-8-13(2)16(9-12)20-17(21)11-24-18(20)14-5-4-6-15(10-14)19-25(3,22)23/h4-10,18-19H,11H2,1-3H3. The summed E-state index contributed by atoms with van der Waals surface area (Å²) in [5.74, 6) is 0.465. The quantitative estimate of drug-likeness (QED) is 0.887. The van der Waals surface area contributed by atoms with Gasteiger partial charge < -0.3 is 0 Å². The summed E-state index contributed by atoms with van der Waals surface area (Å²) in [4.78, 5) is 14.3. The molecule has 2 aromatic rings. The molecule has 0 saturated carbocycles. The molecule has 7 heteroatoms. The molecule has 5 nitrogen and oxygen atoms in total. The molecule has 132 valence electrons. The van der Waals surface area contributed by atoms with Crippen LogP contribution >= 0.6 is 11.8 Å². The van der Waals surface area contributed by atoms with Crippen LogP contribution in [0, 0.1) is 13.8 Å². The van der Waals surface area contributed by atoms with E-state index >= 15 is 0 Å². The molecule has 1 heterocycles. The van der Waals surface area contributed by atoms with E-state index in [1.807, 2.05) is 43.0 Å². The lowest BCUT2D eigenvalue weighted by Gasteiger charge is -2.26. The van der Waals surface area contributed by atoms with Gasteiger partial charge in [0.05, 0.1) is 12.0 Å². The minimum Gasteiger partial charge on any atom is -0.295 e. The number of carbonyl (C=O) groups is 1. The van der Waals surface area contributed by atoms with Gasteiger partial charge in [-0.05, 0) is 48.7 Å². The number of anilines is 2.